The molecule has 1 saturated carbocycles. The highest BCUT2D eigenvalue weighted by atomic mass is 127. The summed E-state index contributed by atoms with van der Waals surface area (Å²) in [6, 6.07) is 5.82. The van der Waals surface area contributed by atoms with Crippen molar-refractivity contribution in [2.45, 2.75) is 31.2 Å². The van der Waals surface area contributed by atoms with Crippen LogP contribution in [0.4, 0.5) is 0 Å². The van der Waals surface area contributed by atoms with Gasteiger partial charge in [-0.3, -0.25) is 4.79 Å². The average molecular weight is 487 g/mol. The van der Waals surface area contributed by atoms with Crippen LogP contribution in [0.1, 0.15) is 36.0 Å². The molecule has 5 heteroatoms. The summed E-state index contributed by atoms with van der Waals surface area (Å²) in [5.74, 6) is 0.0155. The standard InChI is InChI=1S/C13H14Br2INO/c14-8-13(5-1-2-6-13)17-12(18)10-7-9(16)3-4-11(10)15/h3-4,7H,1-2,5-6,8H2,(H,17,18). The number of benzene rings is 1. The molecule has 2 rings (SSSR count). The van der Waals surface area contributed by atoms with Crippen molar-refractivity contribution in [2.24, 2.45) is 0 Å². The number of carbonyl (C=O) groups is 1. The first-order chi connectivity index (χ1) is 8.56. The van der Waals surface area contributed by atoms with Crippen molar-refractivity contribution in [3.8, 4) is 0 Å². The van der Waals surface area contributed by atoms with Crippen LogP contribution in [0.25, 0.3) is 0 Å². The fourth-order valence-electron chi connectivity index (χ4n) is 2.32. The minimum absolute atomic E-state index is 0.0155. The smallest absolute Gasteiger partial charge is 0.252 e. The van der Waals surface area contributed by atoms with Crippen molar-refractivity contribution in [2.75, 3.05) is 5.33 Å². The van der Waals surface area contributed by atoms with E-state index in [2.05, 4.69) is 59.8 Å². The van der Waals surface area contributed by atoms with Crippen LogP contribution in [0.3, 0.4) is 0 Å². The number of hydrogen-bond acceptors (Lipinski definition) is 1. The summed E-state index contributed by atoms with van der Waals surface area (Å²) >= 11 is 9.21. The third-order valence-electron chi connectivity index (χ3n) is 3.37. The van der Waals surface area contributed by atoms with E-state index < -0.39 is 0 Å². The van der Waals surface area contributed by atoms with E-state index in [1.54, 1.807) is 0 Å². The first-order valence-corrected chi connectivity index (χ1v) is 8.89. The molecule has 1 aromatic carbocycles. The number of amides is 1. The second kappa shape index (κ2) is 6.22. The molecule has 0 radical (unpaired) electrons. The maximum atomic E-state index is 12.4. The van der Waals surface area contributed by atoms with E-state index in [9.17, 15) is 4.79 Å². The lowest BCUT2D eigenvalue weighted by molar-refractivity contribution is 0.0909. The number of nitrogens with one attached hydrogen (secondary N) is 1. The van der Waals surface area contributed by atoms with Crippen molar-refractivity contribution < 1.29 is 4.79 Å². The van der Waals surface area contributed by atoms with E-state index in [1.807, 2.05) is 18.2 Å². The van der Waals surface area contributed by atoms with Gasteiger partial charge in [-0.15, -0.1) is 0 Å². The Hall–Kier alpha value is 0.380. The van der Waals surface area contributed by atoms with Gasteiger partial charge in [-0.05, 0) is 69.6 Å². The summed E-state index contributed by atoms with van der Waals surface area (Å²) in [6.07, 6.45) is 4.51. The van der Waals surface area contributed by atoms with Gasteiger partial charge in [0.2, 0.25) is 0 Å². The van der Waals surface area contributed by atoms with E-state index in [0.717, 1.165) is 26.2 Å². The van der Waals surface area contributed by atoms with Gasteiger partial charge in [0.05, 0.1) is 11.1 Å². The predicted molar refractivity (Wildman–Crippen MR) is 89.3 cm³/mol. The summed E-state index contributed by atoms with van der Waals surface area (Å²) in [5.41, 5.74) is 0.659. The van der Waals surface area contributed by atoms with E-state index >= 15 is 0 Å². The molecular weight excluding hydrogens is 473 g/mol. The Bertz CT molecular complexity index is 458. The summed E-state index contributed by atoms with van der Waals surface area (Å²) in [4.78, 5) is 12.4. The first kappa shape index (κ1) is 14.8. The molecule has 0 saturated heterocycles. The molecule has 2 nitrogen and oxygen atoms in total. The van der Waals surface area contributed by atoms with Gasteiger partial charge in [-0.2, -0.15) is 0 Å². The van der Waals surface area contributed by atoms with Crippen LogP contribution in [0, 0.1) is 3.57 Å². The number of hydrogen-bond donors (Lipinski definition) is 1. The highest BCUT2D eigenvalue weighted by Gasteiger charge is 2.34. The SMILES string of the molecule is O=C(NC1(CBr)CCCC1)c1cc(I)ccc1Br. The minimum atomic E-state index is -0.0577. The van der Waals surface area contributed by atoms with Crippen LogP contribution in [-0.4, -0.2) is 16.8 Å². The van der Waals surface area contributed by atoms with Crippen molar-refractivity contribution in [3.63, 3.8) is 0 Å². The molecule has 1 fully saturated rings. The van der Waals surface area contributed by atoms with Crippen LogP contribution < -0.4 is 5.32 Å². The van der Waals surface area contributed by atoms with Crippen LogP contribution in [0.2, 0.25) is 0 Å². The fourth-order valence-corrected chi connectivity index (χ4v) is 3.94. The average Bonchev–Trinajstić information content (AvgIpc) is 2.81. The molecule has 18 heavy (non-hydrogen) atoms. The molecule has 0 spiro atoms. The lowest BCUT2D eigenvalue weighted by Gasteiger charge is -2.28. The Balaban J connectivity index is 2.18. The van der Waals surface area contributed by atoms with Gasteiger partial charge < -0.3 is 5.32 Å². The number of alkyl halides is 1. The quantitative estimate of drug-likeness (QED) is 0.495. The molecule has 1 aliphatic rings. The molecule has 1 aliphatic carbocycles. The van der Waals surface area contributed by atoms with Gasteiger partial charge in [0.15, 0.2) is 0 Å². The Kier molecular flexibility index (Phi) is 5.11. The zero-order chi connectivity index (χ0) is 13.2. The van der Waals surface area contributed by atoms with E-state index in [4.69, 9.17) is 0 Å². The number of carbonyl (C=O) groups excluding carboxylic acids is 1. The van der Waals surface area contributed by atoms with Crippen molar-refractivity contribution in [1.82, 2.24) is 5.32 Å². The van der Waals surface area contributed by atoms with Crippen molar-refractivity contribution >= 4 is 60.4 Å². The molecule has 1 aromatic rings. The molecule has 0 atom stereocenters. The minimum Gasteiger partial charge on any atom is -0.346 e. The fraction of sp³-hybridized carbons (Fsp3) is 0.462. The third-order valence-corrected chi connectivity index (χ3v) is 5.80. The van der Waals surface area contributed by atoms with Crippen LogP contribution in [0.5, 0.6) is 0 Å². The van der Waals surface area contributed by atoms with E-state index in [1.165, 1.54) is 12.8 Å². The highest BCUT2D eigenvalue weighted by Crippen LogP contribution is 2.32. The third kappa shape index (κ3) is 3.28. The van der Waals surface area contributed by atoms with Gasteiger partial charge in [-0.1, -0.05) is 28.8 Å². The lowest BCUT2D eigenvalue weighted by atomic mass is 10.00. The zero-order valence-electron chi connectivity index (χ0n) is 9.81. The van der Waals surface area contributed by atoms with E-state index in [0.29, 0.717) is 5.56 Å². The topological polar surface area (TPSA) is 29.1 Å². The maximum absolute atomic E-state index is 12.4. The first-order valence-electron chi connectivity index (χ1n) is 5.90. The largest absolute Gasteiger partial charge is 0.346 e. The second-order valence-electron chi connectivity index (χ2n) is 4.70. The molecule has 1 N–H and O–H groups in total. The number of rotatable bonds is 3. The van der Waals surface area contributed by atoms with Crippen molar-refractivity contribution in [3.05, 3.63) is 31.8 Å². The van der Waals surface area contributed by atoms with E-state index in [-0.39, 0.29) is 11.4 Å². The van der Waals surface area contributed by atoms with Gasteiger partial charge in [0.1, 0.15) is 0 Å². The molecule has 0 heterocycles. The Morgan fingerprint density at radius 3 is 2.67 bits per heavy atom. The molecule has 0 aromatic heterocycles. The van der Waals surface area contributed by atoms with Crippen molar-refractivity contribution in [1.29, 1.82) is 0 Å². The molecule has 0 unspecified atom stereocenters. The van der Waals surface area contributed by atoms with Gasteiger partial charge in [0, 0.05) is 13.4 Å². The Morgan fingerprint density at radius 1 is 1.39 bits per heavy atom. The zero-order valence-corrected chi connectivity index (χ0v) is 15.1. The highest BCUT2D eigenvalue weighted by molar-refractivity contribution is 14.1. The Labute approximate surface area is 138 Å². The molecule has 0 aliphatic heterocycles. The van der Waals surface area contributed by atoms with Gasteiger partial charge in [0.25, 0.3) is 5.91 Å². The summed E-state index contributed by atoms with van der Waals surface area (Å²) in [6.45, 7) is 0. The second-order valence-corrected chi connectivity index (χ2v) is 7.36. The number of halogens is 3. The van der Waals surface area contributed by atoms with Crippen LogP contribution in [0.15, 0.2) is 22.7 Å². The summed E-state index contributed by atoms with van der Waals surface area (Å²) < 4.78 is 1.92. The summed E-state index contributed by atoms with van der Waals surface area (Å²) in [5, 5.41) is 4.03. The Morgan fingerprint density at radius 2 is 2.06 bits per heavy atom. The van der Waals surface area contributed by atoms with Gasteiger partial charge in [-0.25, -0.2) is 0 Å². The molecule has 0 bridgehead atoms. The summed E-state index contributed by atoms with van der Waals surface area (Å²) in [7, 11) is 0. The molecular formula is C13H14Br2INO. The van der Waals surface area contributed by atoms with Crippen LogP contribution >= 0.6 is 54.5 Å². The van der Waals surface area contributed by atoms with Crippen LogP contribution in [-0.2, 0) is 0 Å². The normalized spacial score (nSPS) is 17.7. The lowest BCUT2D eigenvalue weighted by Crippen LogP contribution is -2.47. The maximum Gasteiger partial charge on any atom is 0.252 e. The van der Waals surface area contributed by atoms with Gasteiger partial charge >= 0.3 is 0 Å². The predicted octanol–water partition coefficient (Wildman–Crippen LogP) is 4.49. The molecule has 1 amide bonds. The monoisotopic (exact) mass is 485 g/mol. The molecule has 98 valence electrons.